The molecule has 10 heavy (non-hydrogen) atoms. The molecule has 1 aliphatic heterocycles. The van der Waals surface area contributed by atoms with Crippen LogP contribution < -0.4 is 5.32 Å². The van der Waals surface area contributed by atoms with Crippen molar-refractivity contribution in [3.63, 3.8) is 0 Å². The Bertz CT molecular complexity index is 129. The van der Waals surface area contributed by atoms with Gasteiger partial charge in [-0.05, 0) is 38.6 Å². The van der Waals surface area contributed by atoms with Gasteiger partial charge < -0.3 is 5.32 Å². The van der Waals surface area contributed by atoms with E-state index in [1.54, 1.807) is 0 Å². The van der Waals surface area contributed by atoms with Crippen molar-refractivity contribution >= 4 is 0 Å². The maximum Gasteiger partial charge on any atom is 0.0179 e. The summed E-state index contributed by atoms with van der Waals surface area (Å²) in [7, 11) is 0. The van der Waals surface area contributed by atoms with Gasteiger partial charge in [-0.3, -0.25) is 0 Å². The third-order valence-corrected chi connectivity index (χ3v) is 3.53. The van der Waals surface area contributed by atoms with Gasteiger partial charge in [0, 0.05) is 5.54 Å². The van der Waals surface area contributed by atoms with Crippen molar-refractivity contribution in [2.24, 2.45) is 5.41 Å². The van der Waals surface area contributed by atoms with Crippen LogP contribution in [0.25, 0.3) is 0 Å². The van der Waals surface area contributed by atoms with Crippen molar-refractivity contribution in [1.82, 2.24) is 5.32 Å². The van der Waals surface area contributed by atoms with Gasteiger partial charge in [0.25, 0.3) is 0 Å². The summed E-state index contributed by atoms with van der Waals surface area (Å²) in [4.78, 5) is 0. The van der Waals surface area contributed by atoms with Crippen molar-refractivity contribution in [2.75, 3.05) is 6.54 Å². The lowest BCUT2D eigenvalue weighted by atomic mass is 9.72. The molecule has 0 spiro atoms. The fourth-order valence-corrected chi connectivity index (χ4v) is 1.80. The Morgan fingerprint density at radius 2 is 1.90 bits per heavy atom. The Morgan fingerprint density at radius 3 is 2.10 bits per heavy atom. The summed E-state index contributed by atoms with van der Waals surface area (Å²) in [6.45, 7) is 10.5. The molecule has 1 fully saturated rings. The second kappa shape index (κ2) is 2.23. The molecule has 1 rings (SSSR count). The zero-order valence-electron chi connectivity index (χ0n) is 7.62. The first-order valence-electron chi connectivity index (χ1n) is 4.27. The van der Waals surface area contributed by atoms with Crippen LogP contribution in [0, 0.1) is 5.41 Å². The molecule has 1 atom stereocenters. The van der Waals surface area contributed by atoms with Gasteiger partial charge in [0.2, 0.25) is 0 Å². The average molecular weight is 141 g/mol. The standard InChI is InChI=1S/C9H19N/c1-5-9(4)6-7-10-8(9,2)3/h10H,5-7H2,1-4H3. The van der Waals surface area contributed by atoms with Gasteiger partial charge in [0.15, 0.2) is 0 Å². The fourth-order valence-electron chi connectivity index (χ4n) is 1.80. The van der Waals surface area contributed by atoms with E-state index in [1.165, 1.54) is 19.4 Å². The van der Waals surface area contributed by atoms with Crippen molar-refractivity contribution in [3.8, 4) is 0 Å². The number of nitrogens with one attached hydrogen (secondary N) is 1. The number of rotatable bonds is 1. The van der Waals surface area contributed by atoms with Crippen LogP contribution in [0.2, 0.25) is 0 Å². The van der Waals surface area contributed by atoms with Gasteiger partial charge in [-0.15, -0.1) is 0 Å². The van der Waals surface area contributed by atoms with Crippen LogP contribution in [0.5, 0.6) is 0 Å². The van der Waals surface area contributed by atoms with Gasteiger partial charge in [0.1, 0.15) is 0 Å². The quantitative estimate of drug-likeness (QED) is 0.590. The SMILES string of the molecule is CCC1(C)CCNC1(C)C. The van der Waals surface area contributed by atoms with E-state index in [9.17, 15) is 0 Å². The van der Waals surface area contributed by atoms with Crippen LogP contribution in [0.15, 0.2) is 0 Å². The zero-order valence-corrected chi connectivity index (χ0v) is 7.62. The van der Waals surface area contributed by atoms with Crippen molar-refractivity contribution in [3.05, 3.63) is 0 Å². The number of hydrogen-bond acceptors (Lipinski definition) is 1. The maximum atomic E-state index is 3.54. The molecule has 1 heterocycles. The van der Waals surface area contributed by atoms with E-state index in [2.05, 4.69) is 33.0 Å². The van der Waals surface area contributed by atoms with Crippen molar-refractivity contribution < 1.29 is 0 Å². The molecule has 0 aromatic heterocycles. The third-order valence-electron chi connectivity index (χ3n) is 3.53. The Balaban J connectivity index is 2.76. The maximum absolute atomic E-state index is 3.54. The van der Waals surface area contributed by atoms with Gasteiger partial charge in [0.05, 0.1) is 0 Å². The van der Waals surface area contributed by atoms with E-state index in [-0.39, 0.29) is 0 Å². The molecule has 0 bridgehead atoms. The molecule has 1 unspecified atom stereocenters. The molecular weight excluding hydrogens is 122 g/mol. The van der Waals surface area contributed by atoms with E-state index < -0.39 is 0 Å². The summed E-state index contributed by atoms with van der Waals surface area (Å²) in [6.07, 6.45) is 2.61. The van der Waals surface area contributed by atoms with E-state index in [0.29, 0.717) is 11.0 Å². The lowest BCUT2D eigenvalue weighted by Gasteiger charge is -2.37. The second-order valence-corrected chi connectivity index (χ2v) is 4.22. The van der Waals surface area contributed by atoms with Crippen LogP contribution >= 0.6 is 0 Å². The van der Waals surface area contributed by atoms with Gasteiger partial charge in [-0.25, -0.2) is 0 Å². The Labute approximate surface area is 64.2 Å². The molecule has 1 nitrogen and oxygen atoms in total. The monoisotopic (exact) mass is 141 g/mol. The van der Waals surface area contributed by atoms with E-state index in [4.69, 9.17) is 0 Å². The first-order valence-corrected chi connectivity index (χ1v) is 4.27. The Kier molecular flexibility index (Phi) is 1.80. The normalized spacial score (nSPS) is 38.4. The van der Waals surface area contributed by atoms with Crippen molar-refractivity contribution in [2.45, 2.75) is 46.1 Å². The van der Waals surface area contributed by atoms with Crippen LogP contribution in [0.1, 0.15) is 40.5 Å². The second-order valence-electron chi connectivity index (χ2n) is 4.22. The Morgan fingerprint density at radius 1 is 1.30 bits per heavy atom. The highest BCUT2D eigenvalue weighted by Gasteiger charge is 2.43. The topological polar surface area (TPSA) is 12.0 Å². The molecule has 0 aromatic rings. The summed E-state index contributed by atoms with van der Waals surface area (Å²) < 4.78 is 0. The van der Waals surface area contributed by atoms with Gasteiger partial charge in [-0.2, -0.15) is 0 Å². The van der Waals surface area contributed by atoms with Crippen LogP contribution in [-0.2, 0) is 0 Å². The molecule has 0 saturated carbocycles. The minimum Gasteiger partial charge on any atom is -0.311 e. The predicted octanol–water partition coefficient (Wildman–Crippen LogP) is 2.17. The molecule has 0 aromatic carbocycles. The molecule has 0 radical (unpaired) electrons. The molecule has 60 valence electrons. The molecule has 0 amide bonds. The average Bonchev–Trinajstić information content (AvgIpc) is 2.10. The lowest BCUT2D eigenvalue weighted by Crippen LogP contribution is -2.44. The smallest absolute Gasteiger partial charge is 0.0179 e. The molecule has 0 aliphatic carbocycles. The summed E-state index contributed by atoms with van der Waals surface area (Å²) in [5, 5.41) is 3.54. The molecule has 1 heteroatoms. The first kappa shape index (κ1) is 8.06. The summed E-state index contributed by atoms with van der Waals surface area (Å²) in [5.74, 6) is 0. The Hall–Kier alpha value is -0.0400. The third kappa shape index (κ3) is 0.968. The zero-order chi connectivity index (χ0) is 7.83. The van der Waals surface area contributed by atoms with E-state index in [1.807, 2.05) is 0 Å². The molecule has 1 saturated heterocycles. The summed E-state index contributed by atoms with van der Waals surface area (Å²) >= 11 is 0. The van der Waals surface area contributed by atoms with Gasteiger partial charge >= 0.3 is 0 Å². The van der Waals surface area contributed by atoms with Crippen LogP contribution in [-0.4, -0.2) is 12.1 Å². The van der Waals surface area contributed by atoms with Gasteiger partial charge in [-0.1, -0.05) is 13.8 Å². The van der Waals surface area contributed by atoms with Crippen LogP contribution in [0.4, 0.5) is 0 Å². The fraction of sp³-hybridized carbons (Fsp3) is 1.00. The highest BCUT2D eigenvalue weighted by Crippen LogP contribution is 2.41. The lowest BCUT2D eigenvalue weighted by molar-refractivity contribution is 0.189. The van der Waals surface area contributed by atoms with Crippen LogP contribution in [0.3, 0.4) is 0 Å². The molecule has 1 aliphatic rings. The van der Waals surface area contributed by atoms with E-state index in [0.717, 1.165) is 0 Å². The van der Waals surface area contributed by atoms with Crippen molar-refractivity contribution in [1.29, 1.82) is 0 Å². The summed E-state index contributed by atoms with van der Waals surface area (Å²) in [6, 6.07) is 0. The predicted molar refractivity (Wildman–Crippen MR) is 45.1 cm³/mol. The highest BCUT2D eigenvalue weighted by atomic mass is 15.0. The number of hydrogen-bond donors (Lipinski definition) is 1. The molecular formula is C9H19N. The largest absolute Gasteiger partial charge is 0.311 e. The highest BCUT2D eigenvalue weighted by molar-refractivity contribution is 5.00. The minimum atomic E-state index is 0.349. The summed E-state index contributed by atoms with van der Waals surface area (Å²) in [5.41, 5.74) is 0.870. The molecule has 1 N–H and O–H groups in total. The van der Waals surface area contributed by atoms with E-state index >= 15 is 0 Å². The minimum absolute atomic E-state index is 0.349. The first-order chi connectivity index (χ1) is 4.52.